The maximum absolute atomic E-state index is 12.3. The third kappa shape index (κ3) is 6.59. The minimum atomic E-state index is 0.336. The second-order valence-electron chi connectivity index (χ2n) is 8.88. The fraction of sp³-hybridized carbons (Fsp3) is 0.857. The number of amides is 1. The van der Waals surface area contributed by atoms with Crippen molar-refractivity contribution in [2.75, 3.05) is 26.2 Å². The first kappa shape index (κ1) is 20.3. The SMILES string of the molecule is CC(C)CCC(=O)N1CCC(Cn2cc(CN3CCCCCC3)nn2)CC1. The van der Waals surface area contributed by atoms with Crippen LogP contribution in [0.25, 0.3) is 0 Å². The Morgan fingerprint density at radius 1 is 1.11 bits per heavy atom. The van der Waals surface area contributed by atoms with Crippen molar-refractivity contribution < 1.29 is 4.79 Å². The molecule has 1 aromatic heterocycles. The summed E-state index contributed by atoms with van der Waals surface area (Å²) in [5.41, 5.74) is 1.10. The highest BCUT2D eigenvalue weighted by molar-refractivity contribution is 5.76. The molecule has 0 N–H and O–H groups in total. The van der Waals surface area contributed by atoms with Gasteiger partial charge in [0.15, 0.2) is 0 Å². The Labute approximate surface area is 164 Å². The Kier molecular flexibility index (Phi) is 7.68. The molecule has 6 nitrogen and oxygen atoms in total. The molecule has 0 spiro atoms. The van der Waals surface area contributed by atoms with E-state index in [9.17, 15) is 4.79 Å². The van der Waals surface area contributed by atoms with Crippen molar-refractivity contribution in [1.29, 1.82) is 0 Å². The lowest BCUT2D eigenvalue weighted by atomic mass is 9.96. The Balaban J connectivity index is 1.40. The number of likely N-dealkylation sites (tertiary alicyclic amines) is 2. The van der Waals surface area contributed by atoms with E-state index in [2.05, 4.69) is 40.2 Å². The zero-order valence-corrected chi connectivity index (χ0v) is 17.3. The van der Waals surface area contributed by atoms with E-state index in [-0.39, 0.29) is 0 Å². The molecule has 1 aromatic rings. The fourth-order valence-electron chi connectivity index (χ4n) is 4.22. The van der Waals surface area contributed by atoms with Gasteiger partial charge in [-0.3, -0.25) is 14.4 Å². The van der Waals surface area contributed by atoms with Gasteiger partial charge >= 0.3 is 0 Å². The second-order valence-corrected chi connectivity index (χ2v) is 8.88. The lowest BCUT2D eigenvalue weighted by molar-refractivity contribution is -0.132. The summed E-state index contributed by atoms with van der Waals surface area (Å²) >= 11 is 0. The van der Waals surface area contributed by atoms with Gasteiger partial charge in [-0.05, 0) is 57.0 Å². The van der Waals surface area contributed by atoms with Crippen molar-refractivity contribution in [3.63, 3.8) is 0 Å². The van der Waals surface area contributed by atoms with E-state index >= 15 is 0 Å². The molecule has 0 radical (unpaired) electrons. The summed E-state index contributed by atoms with van der Waals surface area (Å²) < 4.78 is 2.02. The summed E-state index contributed by atoms with van der Waals surface area (Å²) in [6.45, 7) is 10.4. The standard InChI is InChI=1S/C21H37N5O/c1-18(2)7-8-21(27)25-13-9-19(10-14-25)15-26-17-20(22-23-26)16-24-11-5-3-4-6-12-24/h17-19H,3-16H2,1-2H3. The van der Waals surface area contributed by atoms with Crippen molar-refractivity contribution in [3.05, 3.63) is 11.9 Å². The van der Waals surface area contributed by atoms with Gasteiger partial charge in [0.05, 0.1) is 5.69 Å². The first-order valence-electron chi connectivity index (χ1n) is 11.0. The van der Waals surface area contributed by atoms with Crippen molar-refractivity contribution >= 4 is 5.91 Å². The summed E-state index contributed by atoms with van der Waals surface area (Å²) in [5.74, 6) is 1.54. The van der Waals surface area contributed by atoms with Gasteiger partial charge in [-0.15, -0.1) is 5.10 Å². The molecule has 0 aromatic carbocycles. The largest absolute Gasteiger partial charge is 0.343 e. The third-order valence-corrected chi connectivity index (χ3v) is 6.02. The smallest absolute Gasteiger partial charge is 0.222 e. The fourth-order valence-corrected chi connectivity index (χ4v) is 4.22. The summed E-state index contributed by atoms with van der Waals surface area (Å²) in [6, 6.07) is 0. The molecule has 0 atom stereocenters. The molecule has 0 unspecified atom stereocenters. The van der Waals surface area contributed by atoms with Gasteiger partial charge < -0.3 is 4.90 Å². The zero-order valence-electron chi connectivity index (χ0n) is 17.3. The molecule has 0 saturated carbocycles. The van der Waals surface area contributed by atoms with Gasteiger partial charge in [-0.2, -0.15) is 0 Å². The van der Waals surface area contributed by atoms with Crippen LogP contribution in [0.2, 0.25) is 0 Å². The van der Waals surface area contributed by atoms with E-state index in [4.69, 9.17) is 0 Å². The number of nitrogens with zero attached hydrogens (tertiary/aromatic N) is 5. The summed E-state index contributed by atoms with van der Waals surface area (Å²) in [7, 11) is 0. The van der Waals surface area contributed by atoms with E-state index in [1.165, 1.54) is 38.8 Å². The van der Waals surface area contributed by atoms with Crippen LogP contribution in [-0.4, -0.2) is 56.9 Å². The Hall–Kier alpha value is -1.43. The zero-order chi connectivity index (χ0) is 19.1. The lowest BCUT2D eigenvalue weighted by Crippen LogP contribution is -2.39. The maximum Gasteiger partial charge on any atom is 0.222 e. The number of carbonyl (C=O) groups excluding carboxylic acids is 1. The van der Waals surface area contributed by atoms with Gasteiger partial charge in [0.25, 0.3) is 0 Å². The van der Waals surface area contributed by atoms with Crippen LogP contribution in [0.1, 0.15) is 70.9 Å². The highest BCUT2D eigenvalue weighted by Crippen LogP contribution is 2.20. The number of piperidine rings is 1. The van der Waals surface area contributed by atoms with Gasteiger partial charge in [0, 0.05) is 38.8 Å². The molecule has 2 fully saturated rings. The van der Waals surface area contributed by atoms with E-state index in [1.807, 2.05) is 4.68 Å². The monoisotopic (exact) mass is 375 g/mol. The minimum Gasteiger partial charge on any atom is -0.343 e. The molecular weight excluding hydrogens is 338 g/mol. The van der Waals surface area contributed by atoms with Crippen LogP contribution in [0.5, 0.6) is 0 Å². The number of aromatic nitrogens is 3. The molecule has 2 aliphatic heterocycles. The van der Waals surface area contributed by atoms with E-state index in [1.54, 1.807) is 0 Å². The van der Waals surface area contributed by atoms with Crippen LogP contribution >= 0.6 is 0 Å². The van der Waals surface area contributed by atoms with Crippen molar-refractivity contribution in [2.45, 2.75) is 78.3 Å². The highest BCUT2D eigenvalue weighted by atomic mass is 16.2. The molecular formula is C21H37N5O. The molecule has 3 heterocycles. The second kappa shape index (κ2) is 10.2. The van der Waals surface area contributed by atoms with E-state index in [0.29, 0.717) is 24.2 Å². The third-order valence-electron chi connectivity index (χ3n) is 6.02. The van der Waals surface area contributed by atoms with Crippen LogP contribution in [0.15, 0.2) is 6.20 Å². The minimum absolute atomic E-state index is 0.336. The predicted octanol–water partition coefficient (Wildman–Crippen LogP) is 3.33. The van der Waals surface area contributed by atoms with Crippen molar-refractivity contribution in [1.82, 2.24) is 24.8 Å². The van der Waals surface area contributed by atoms with E-state index in [0.717, 1.165) is 51.1 Å². The molecule has 2 aliphatic rings. The molecule has 0 aliphatic carbocycles. The molecule has 1 amide bonds. The van der Waals surface area contributed by atoms with Crippen molar-refractivity contribution in [2.24, 2.45) is 11.8 Å². The molecule has 152 valence electrons. The van der Waals surface area contributed by atoms with Crippen LogP contribution in [0.3, 0.4) is 0 Å². The number of hydrogen-bond acceptors (Lipinski definition) is 4. The molecule has 27 heavy (non-hydrogen) atoms. The number of carbonyl (C=O) groups is 1. The molecule has 6 heteroatoms. The topological polar surface area (TPSA) is 54.3 Å². The Bertz CT molecular complexity index is 569. The van der Waals surface area contributed by atoms with Gasteiger partial charge in [-0.25, -0.2) is 0 Å². The number of hydrogen-bond donors (Lipinski definition) is 0. The van der Waals surface area contributed by atoms with Gasteiger partial charge in [0.2, 0.25) is 5.91 Å². The Morgan fingerprint density at radius 3 is 2.48 bits per heavy atom. The normalized spacial score (nSPS) is 20.2. The van der Waals surface area contributed by atoms with Crippen LogP contribution in [0, 0.1) is 11.8 Å². The quantitative estimate of drug-likeness (QED) is 0.733. The summed E-state index contributed by atoms with van der Waals surface area (Å²) in [4.78, 5) is 16.9. The first-order chi connectivity index (χ1) is 13.1. The average Bonchev–Trinajstić information content (AvgIpc) is 2.93. The molecule has 0 bridgehead atoms. The average molecular weight is 376 g/mol. The number of rotatable bonds is 7. The van der Waals surface area contributed by atoms with Crippen LogP contribution in [0.4, 0.5) is 0 Å². The van der Waals surface area contributed by atoms with E-state index < -0.39 is 0 Å². The first-order valence-corrected chi connectivity index (χ1v) is 11.0. The molecule has 2 saturated heterocycles. The Morgan fingerprint density at radius 2 is 1.81 bits per heavy atom. The summed E-state index contributed by atoms with van der Waals surface area (Å²) in [6.07, 6.45) is 11.3. The van der Waals surface area contributed by atoms with Gasteiger partial charge in [-0.1, -0.05) is 31.9 Å². The van der Waals surface area contributed by atoms with Gasteiger partial charge in [0.1, 0.15) is 0 Å². The summed E-state index contributed by atoms with van der Waals surface area (Å²) in [5, 5.41) is 8.76. The molecule has 3 rings (SSSR count). The highest BCUT2D eigenvalue weighted by Gasteiger charge is 2.23. The van der Waals surface area contributed by atoms with Crippen LogP contribution < -0.4 is 0 Å². The predicted molar refractivity (Wildman–Crippen MR) is 107 cm³/mol. The maximum atomic E-state index is 12.3. The van der Waals surface area contributed by atoms with Crippen molar-refractivity contribution in [3.8, 4) is 0 Å². The van der Waals surface area contributed by atoms with Crippen LogP contribution in [-0.2, 0) is 17.9 Å². The lowest BCUT2D eigenvalue weighted by Gasteiger charge is -2.32.